The Bertz CT molecular complexity index is 1860. The predicted molar refractivity (Wildman–Crippen MR) is 198 cm³/mol. The van der Waals surface area contributed by atoms with Crippen LogP contribution in [0.4, 0.5) is 0 Å². The van der Waals surface area contributed by atoms with Crippen LogP contribution in [0.1, 0.15) is 91.9 Å². The standard InChI is InChI=1S/C17H13Cl2NO3.C16H11Cl2NO3.C4H9O.CH4.K/c1-23-17(22)15-13(18)6-12(7-14(15)19)16(21)20-8-10-4-2-3-5-11(10)9-20;17-12-5-11(6-13(18)14(12)16(21)22)15(20)19-7-9-3-1-2-4-10(9)8-19;1-4(2,3)5;;/h2-7H,8-9H2,1H3;1-6H,7-8H2,(H,21,22);1-3H3;1H4;/q;;-1;;+1. The van der Waals surface area contributed by atoms with Gasteiger partial charge in [0, 0.05) is 37.3 Å². The maximum absolute atomic E-state index is 12.7. The summed E-state index contributed by atoms with van der Waals surface area (Å²) in [5.41, 5.74) is 4.23. The van der Waals surface area contributed by atoms with Crippen LogP contribution in [0.15, 0.2) is 72.8 Å². The van der Waals surface area contributed by atoms with Crippen LogP contribution in [0.25, 0.3) is 0 Å². The van der Waals surface area contributed by atoms with Gasteiger partial charge in [0.1, 0.15) is 0 Å². The second-order valence-electron chi connectivity index (χ2n) is 12.4. The summed E-state index contributed by atoms with van der Waals surface area (Å²) in [5, 5.41) is 19.3. The summed E-state index contributed by atoms with van der Waals surface area (Å²) in [6.07, 6.45) is 0. The Morgan fingerprint density at radius 1 is 0.654 bits per heavy atom. The third-order valence-corrected chi connectivity index (χ3v) is 8.63. The molecule has 1 N–H and O–H groups in total. The second-order valence-corrected chi connectivity index (χ2v) is 14.0. The molecule has 2 aliphatic rings. The van der Waals surface area contributed by atoms with E-state index in [4.69, 9.17) is 51.5 Å². The summed E-state index contributed by atoms with van der Waals surface area (Å²) in [4.78, 5) is 51.3. The summed E-state index contributed by atoms with van der Waals surface area (Å²) in [7, 11) is 1.25. The zero-order valence-corrected chi connectivity index (χ0v) is 34.7. The van der Waals surface area contributed by atoms with Crippen LogP contribution < -0.4 is 56.5 Å². The topological polar surface area (TPSA) is 127 Å². The van der Waals surface area contributed by atoms with E-state index in [9.17, 15) is 24.3 Å². The van der Waals surface area contributed by atoms with Gasteiger partial charge in [-0.15, -0.1) is 5.60 Å². The van der Waals surface area contributed by atoms with Crippen molar-refractivity contribution >= 4 is 70.2 Å². The number of fused-ring (bicyclic) bond motifs is 2. The largest absolute Gasteiger partial charge is 1.00 e. The molecule has 0 aromatic heterocycles. The average molecular weight is 815 g/mol. The summed E-state index contributed by atoms with van der Waals surface area (Å²) in [5.74, 6) is -2.26. The van der Waals surface area contributed by atoms with E-state index in [1.807, 2.05) is 48.5 Å². The number of methoxy groups -OCH3 is 1. The number of aromatic carboxylic acids is 1. The maximum Gasteiger partial charge on any atom is 1.00 e. The number of hydrogen-bond donors (Lipinski definition) is 1. The summed E-state index contributed by atoms with van der Waals surface area (Å²) in [6, 6.07) is 21.3. The van der Waals surface area contributed by atoms with E-state index >= 15 is 0 Å². The van der Waals surface area contributed by atoms with Gasteiger partial charge in [0.05, 0.1) is 38.3 Å². The molecule has 0 bridgehead atoms. The van der Waals surface area contributed by atoms with Gasteiger partial charge in [-0.3, -0.25) is 9.59 Å². The fraction of sp³-hybridized carbons (Fsp3) is 0.263. The number of amides is 2. The number of hydrogen-bond acceptors (Lipinski definition) is 6. The van der Waals surface area contributed by atoms with Crippen molar-refractivity contribution in [3.05, 3.63) is 137 Å². The van der Waals surface area contributed by atoms with Crippen LogP contribution in [0.2, 0.25) is 20.1 Å². The molecular formula is C38H37Cl4KN2O7. The molecule has 9 nitrogen and oxygen atoms in total. The first kappa shape index (κ1) is 45.7. The van der Waals surface area contributed by atoms with E-state index in [1.165, 1.54) is 31.4 Å². The number of carboxylic acid groups (broad SMARTS) is 1. The number of halogens is 4. The van der Waals surface area contributed by atoms with Crippen molar-refractivity contribution in [1.29, 1.82) is 0 Å². The summed E-state index contributed by atoms with van der Waals surface area (Å²) in [6.45, 7) is 7.02. The van der Waals surface area contributed by atoms with Crippen LogP contribution in [0.3, 0.4) is 0 Å². The minimum Gasteiger partial charge on any atom is -0.850 e. The number of nitrogens with zero attached hydrogens (tertiary/aromatic N) is 2. The van der Waals surface area contributed by atoms with Crippen molar-refractivity contribution in [1.82, 2.24) is 9.80 Å². The molecule has 0 radical (unpaired) electrons. The molecule has 4 aromatic carbocycles. The Kier molecular flexibility index (Phi) is 17.3. The van der Waals surface area contributed by atoms with Crippen molar-refractivity contribution in [2.75, 3.05) is 7.11 Å². The monoisotopic (exact) mass is 812 g/mol. The Balaban J connectivity index is 0.000000309. The predicted octanol–water partition coefficient (Wildman–Crippen LogP) is 5.57. The molecule has 4 aromatic rings. The molecule has 2 amide bonds. The van der Waals surface area contributed by atoms with E-state index in [0.29, 0.717) is 31.7 Å². The third-order valence-electron chi connectivity index (χ3n) is 7.44. The van der Waals surface area contributed by atoms with E-state index in [0.717, 1.165) is 22.3 Å². The Labute approximate surface area is 366 Å². The third kappa shape index (κ3) is 11.8. The van der Waals surface area contributed by atoms with Crippen LogP contribution in [0, 0.1) is 0 Å². The molecule has 6 rings (SSSR count). The normalized spacial score (nSPS) is 12.4. The molecule has 14 heteroatoms. The van der Waals surface area contributed by atoms with Gasteiger partial charge in [0.15, 0.2) is 0 Å². The van der Waals surface area contributed by atoms with Gasteiger partial charge in [-0.1, -0.05) is 123 Å². The number of esters is 1. The molecular weight excluding hydrogens is 777 g/mol. The molecule has 0 unspecified atom stereocenters. The van der Waals surface area contributed by atoms with Crippen molar-refractivity contribution in [3.8, 4) is 0 Å². The maximum atomic E-state index is 12.7. The smallest absolute Gasteiger partial charge is 0.850 e. The van der Waals surface area contributed by atoms with E-state index < -0.39 is 17.5 Å². The fourth-order valence-corrected chi connectivity index (χ4v) is 6.50. The fourth-order valence-electron chi connectivity index (χ4n) is 5.21. The van der Waals surface area contributed by atoms with Gasteiger partial charge in [-0.25, -0.2) is 9.59 Å². The Morgan fingerprint density at radius 3 is 1.17 bits per heavy atom. The van der Waals surface area contributed by atoms with Crippen LogP contribution >= 0.6 is 46.4 Å². The number of carboxylic acids is 1. The number of ether oxygens (including phenoxy) is 1. The first-order valence-corrected chi connectivity index (χ1v) is 16.7. The van der Waals surface area contributed by atoms with Crippen molar-refractivity contribution < 1.29 is 85.5 Å². The van der Waals surface area contributed by atoms with Gasteiger partial charge >= 0.3 is 63.3 Å². The van der Waals surface area contributed by atoms with Crippen LogP contribution in [-0.2, 0) is 30.9 Å². The molecule has 52 heavy (non-hydrogen) atoms. The molecule has 2 aliphatic heterocycles. The molecule has 0 saturated heterocycles. The molecule has 0 saturated carbocycles. The Hall–Kier alpha value is -2.48. The first-order valence-electron chi connectivity index (χ1n) is 15.2. The second kappa shape index (κ2) is 19.7. The molecule has 0 atom stereocenters. The van der Waals surface area contributed by atoms with Crippen molar-refractivity contribution in [2.24, 2.45) is 0 Å². The Morgan fingerprint density at radius 2 is 0.923 bits per heavy atom. The number of carbonyl (C=O) groups is 4. The first-order chi connectivity index (χ1) is 23.5. The zero-order chi connectivity index (χ0) is 36.9. The van der Waals surface area contributed by atoms with Gasteiger partial charge in [-0.05, 0) is 46.5 Å². The molecule has 2 heterocycles. The zero-order valence-electron chi connectivity index (χ0n) is 28.6. The van der Waals surface area contributed by atoms with Crippen LogP contribution in [0.5, 0.6) is 0 Å². The van der Waals surface area contributed by atoms with Crippen LogP contribution in [-0.4, -0.2) is 51.4 Å². The van der Waals surface area contributed by atoms with Gasteiger partial charge in [0.2, 0.25) is 0 Å². The van der Waals surface area contributed by atoms with Crippen molar-refractivity contribution in [3.63, 3.8) is 0 Å². The summed E-state index contributed by atoms with van der Waals surface area (Å²) >= 11 is 24.1. The van der Waals surface area contributed by atoms with E-state index in [2.05, 4.69) is 4.74 Å². The quantitative estimate of drug-likeness (QED) is 0.211. The number of rotatable bonds is 4. The SMILES string of the molecule is C.CC(C)(C)[O-].COC(=O)c1c(Cl)cc(C(=O)N2Cc3ccccc3C2)cc1Cl.O=C(O)c1c(Cl)cc(C(=O)N2Cc3ccccc3C2)cc1Cl.[K+]. The minimum atomic E-state index is -1.22. The molecule has 0 aliphatic carbocycles. The molecule has 270 valence electrons. The van der Waals surface area contributed by atoms with Gasteiger partial charge in [-0.2, -0.15) is 0 Å². The van der Waals surface area contributed by atoms with Crippen molar-refractivity contribution in [2.45, 2.75) is 60.0 Å². The average Bonchev–Trinajstić information content (AvgIpc) is 3.67. The number of benzene rings is 4. The van der Waals surface area contributed by atoms with E-state index in [1.54, 1.807) is 30.6 Å². The van der Waals surface area contributed by atoms with Gasteiger partial charge < -0.3 is 24.7 Å². The van der Waals surface area contributed by atoms with E-state index in [-0.39, 0.29) is 107 Å². The minimum absolute atomic E-state index is 0. The molecule has 0 spiro atoms. The summed E-state index contributed by atoms with van der Waals surface area (Å²) < 4.78 is 4.64. The van der Waals surface area contributed by atoms with Gasteiger partial charge in [0.25, 0.3) is 11.8 Å². The molecule has 0 fully saturated rings. The number of carbonyl (C=O) groups excluding carboxylic acids is 3.